The summed E-state index contributed by atoms with van der Waals surface area (Å²) < 4.78 is 42.7. The molecule has 1 aromatic rings. The fourth-order valence-electron chi connectivity index (χ4n) is 1.77. The van der Waals surface area contributed by atoms with Gasteiger partial charge in [0.25, 0.3) is 0 Å². The van der Waals surface area contributed by atoms with Crippen LogP contribution in [0.4, 0.5) is 13.2 Å². The summed E-state index contributed by atoms with van der Waals surface area (Å²) in [5, 5.41) is 9.44. The van der Waals surface area contributed by atoms with E-state index in [2.05, 4.69) is 4.98 Å². The molecule has 1 aliphatic rings. The summed E-state index contributed by atoms with van der Waals surface area (Å²) in [6.07, 6.45) is -4.75. The van der Waals surface area contributed by atoms with Crippen LogP contribution in [0.1, 0.15) is 30.3 Å². The molecule has 0 amide bonds. The number of aliphatic hydroxyl groups excluding tert-OH is 1. The topological polar surface area (TPSA) is 42.4 Å². The Morgan fingerprint density at radius 1 is 1.35 bits per heavy atom. The number of halogens is 3. The van der Waals surface area contributed by atoms with Crippen molar-refractivity contribution in [3.63, 3.8) is 0 Å². The highest BCUT2D eigenvalue weighted by molar-refractivity contribution is 5.16. The first-order valence-electron chi connectivity index (χ1n) is 5.30. The summed E-state index contributed by atoms with van der Waals surface area (Å²) in [5.74, 6) is 0. The van der Waals surface area contributed by atoms with Crippen LogP contribution in [0.2, 0.25) is 0 Å². The normalized spacial score (nSPS) is 25.9. The molecular formula is C11H12F3NO2. The Balaban J connectivity index is 2.21. The summed E-state index contributed by atoms with van der Waals surface area (Å²) in [5.41, 5.74) is -0.711. The van der Waals surface area contributed by atoms with Gasteiger partial charge in [0.15, 0.2) is 0 Å². The summed E-state index contributed by atoms with van der Waals surface area (Å²) in [6.45, 7) is 0.337. The number of ether oxygens (including phenoxy) is 1. The third kappa shape index (κ3) is 2.95. The van der Waals surface area contributed by atoms with E-state index in [0.29, 0.717) is 13.0 Å². The Hall–Kier alpha value is -1.14. The molecule has 0 spiro atoms. The van der Waals surface area contributed by atoms with Crippen LogP contribution in [0.3, 0.4) is 0 Å². The van der Waals surface area contributed by atoms with E-state index in [-0.39, 0.29) is 12.1 Å². The van der Waals surface area contributed by atoms with Crippen LogP contribution in [0, 0.1) is 0 Å². The van der Waals surface area contributed by atoms with Crippen molar-refractivity contribution < 1.29 is 23.0 Å². The van der Waals surface area contributed by atoms with E-state index in [0.717, 1.165) is 6.07 Å². The average Bonchev–Trinajstić information content (AvgIpc) is 2.28. The van der Waals surface area contributed by atoms with Crippen molar-refractivity contribution in [2.75, 3.05) is 6.61 Å². The van der Waals surface area contributed by atoms with Crippen molar-refractivity contribution in [1.29, 1.82) is 0 Å². The third-order valence-corrected chi connectivity index (χ3v) is 2.65. The van der Waals surface area contributed by atoms with Crippen molar-refractivity contribution in [2.45, 2.75) is 31.2 Å². The van der Waals surface area contributed by atoms with Crippen LogP contribution in [-0.4, -0.2) is 22.8 Å². The van der Waals surface area contributed by atoms with Gasteiger partial charge in [0, 0.05) is 13.0 Å². The minimum Gasteiger partial charge on any atom is -0.393 e. The van der Waals surface area contributed by atoms with Crippen LogP contribution >= 0.6 is 0 Å². The Kier molecular flexibility index (Phi) is 3.35. The van der Waals surface area contributed by atoms with E-state index in [1.54, 1.807) is 0 Å². The molecule has 0 radical (unpaired) electrons. The molecule has 6 heteroatoms. The Bertz CT molecular complexity index is 395. The molecule has 1 fully saturated rings. The smallest absolute Gasteiger partial charge is 0.393 e. The summed E-state index contributed by atoms with van der Waals surface area (Å²) in [7, 11) is 0. The monoisotopic (exact) mass is 247 g/mol. The first-order chi connectivity index (χ1) is 7.97. The molecule has 1 saturated heterocycles. The van der Waals surface area contributed by atoms with Crippen molar-refractivity contribution in [3.8, 4) is 0 Å². The van der Waals surface area contributed by atoms with E-state index in [1.807, 2.05) is 0 Å². The first kappa shape index (κ1) is 12.3. The third-order valence-electron chi connectivity index (χ3n) is 2.65. The maximum atomic E-state index is 12.5. The highest BCUT2D eigenvalue weighted by atomic mass is 19.4. The van der Waals surface area contributed by atoms with Crippen LogP contribution in [0.5, 0.6) is 0 Å². The minimum atomic E-state index is -4.46. The molecule has 2 unspecified atom stereocenters. The molecule has 3 nitrogen and oxygen atoms in total. The molecule has 17 heavy (non-hydrogen) atoms. The number of alkyl halides is 3. The van der Waals surface area contributed by atoms with Crippen LogP contribution in [0.25, 0.3) is 0 Å². The number of pyridine rings is 1. The van der Waals surface area contributed by atoms with E-state index >= 15 is 0 Å². The zero-order valence-electron chi connectivity index (χ0n) is 8.94. The molecule has 1 aromatic heterocycles. The lowest BCUT2D eigenvalue weighted by Gasteiger charge is -2.26. The van der Waals surface area contributed by atoms with Gasteiger partial charge in [-0.25, -0.2) is 4.98 Å². The Morgan fingerprint density at radius 3 is 2.76 bits per heavy atom. The lowest BCUT2D eigenvalue weighted by molar-refractivity contribution is -0.141. The van der Waals surface area contributed by atoms with E-state index < -0.39 is 24.1 Å². The molecule has 0 aromatic carbocycles. The lowest BCUT2D eigenvalue weighted by atomic mass is 10.0. The van der Waals surface area contributed by atoms with Crippen LogP contribution < -0.4 is 0 Å². The SMILES string of the molecule is OC1CCOC(c2cccc(C(F)(F)F)n2)C1. The molecule has 2 heterocycles. The van der Waals surface area contributed by atoms with Gasteiger partial charge in [-0.1, -0.05) is 6.07 Å². The predicted molar refractivity (Wildman–Crippen MR) is 53.2 cm³/mol. The summed E-state index contributed by atoms with van der Waals surface area (Å²) >= 11 is 0. The molecule has 2 atom stereocenters. The maximum absolute atomic E-state index is 12.5. The average molecular weight is 247 g/mol. The quantitative estimate of drug-likeness (QED) is 0.828. The summed E-state index contributed by atoms with van der Waals surface area (Å²) in [4.78, 5) is 3.54. The van der Waals surface area contributed by atoms with Crippen molar-refractivity contribution >= 4 is 0 Å². The largest absolute Gasteiger partial charge is 0.433 e. The fraction of sp³-hybridized carbons (Fsp3) is 0.545. The van der Waals surface area contributed by atoms with Crippen molar-refractivity contribution in [2.24, 2.45) is 0 Å². The maximum Gasteiger partial charge on any atom is 0.433 e. The van der Waals surface area contributed by atoms with Gasteiger partial charge < -0.3 is 9.84 Å². The molecule has 0 saturated carbocycles. The van der Waals surface area contributed by atoms with Gasteiger partial charge in [0.05, 0.1) is 11.8 Å². The summed E-state index contributed by atoms with van der Waals surface area (Å²) in [6, 6.07) is 3.70. The Labute approximate surface area is 96.2 Å². The Morgan fingerprint density at radius 2 is 2.12 bits per heavy atom. The molecule has 0 aliphatic carbocycles. The highest BCUT2D eigenvalue weighted by Gasteiger charge is 2.33. The van der Waals surface area contributed by atoms with Crippen molar-refractivity contribution in [3.05, 3.63) is 29.6 Å². The minimum absolute atomic E-state index is 0.221. The van der Waals surface area contributed by atoms with Gasteiger partial charge in [-0.15, -0.1) is 0 Å². The van der Waals surface area contributed by atoms with Gasteiger partial charge in [-0.2, -0.15) is 13.2 Å². The van der Waals surface area contributed by atoms with Crippen LogP contribution in [0.15, 0.2) is 18.2 Å². The van der Waals surface area contributed by atoms with Gasteiger partial charge >= 0.3 is 6.18 Å². The first-order valence-corrected chi connectivity index (χ1v) is 5.30. The molecule has 0 bridgehead atoms. The predicted octanol–water partition coefficient (Wildman–Crippen LogP) is 2.31. The van der Waals surface area contributed by atoms with Gasteiger partial charge in [-0.05, 0) is 18.6 Å². The number of aromatic nitrogens is 1. The van der Waals surface area contributed by atoms with E-state index in [4.69, 9.17) is 4.74 Å². The number of hydrogen-bond acceptors (Lipinski definition) is 3. The second-order valence-electron chi connectivity index (χ2n) is 3.98. The molecule has 1 aliphatic heterocycles. The zero-order chi connectivity index (χ0) is 12.5. The lowest BCUT2D eigenvalue weighted by Crippen LogP contribution is -2.24. The van der Waals surface area contributed by atoms with Gasteiger partial charge in [0.2, 0.25) is 0 Å². The molecule has 94 valence electrons. The highest BCUT2D eigenvalue weighted by Crippen LogP contribution is 2.31. The standard InChI is InChI=1S/C11H12F3NO2/c12-11(13,14)10-3-1-2-8(15-10)9-6-7(16)4-5-17-9/h1-3,7,9,16H,4-6H2. The number of rotatable bonds is 1. The van der Waals surface area contributed by atoms with Crippen LogP contribution in [-0.2, 0) is 10.9 Å². The fourth-order valence-corrected chi connectivity index (χ4v) is 1.77. The van der Waals surface area contributed by atoms with E-state index in [9.17, 15) is 18.3 Å². The second kappa shape index (κ2) is 4.62. The molecular weight excluding hydrogens is 235 g/mol. The van der Waals surface area contributed by atoms with Crippen molar-refractivity contribution in [1.82, 2.24) is 4.98 Å². The van der Waals surface area contributed by atoms with Gasteiger partial charge in [-0.3, -0.25) is 0 Å². The van der Waals surface area contributed by atoms with E-state index in [1.165, 1.54) is 12.1 Å². The number of nitrogens with zero attached hydrogens (tertiary/aromatic N) is 1. The molecule has 1 N–H and O–H groups in total. The molecule has 2 rings (SSSR count). The number of aliphatic hydroxyl groups is 1. The zero-order valence-corrected chi connectivity index (χ0v) is 8.94. The second-order valence-corrected chi connectivity index (χ2v) is 3.98. The number of hydrogen-bond donors (Lipinski definition) is 1. The van der Waals surface area contributed by atoms with Gasteiger partial charge in [0.1, 0.15) is 11.8 Å².